The molecule has 1 saturated heterocycles. The number of nitrogens with zero attached hydrogens (tertiary/aromatic N) is 1. The second-order valence-electron chi connectivity index (χ2n) is 6.86. The van der Waals surface area contributed by atoms with Gasteiger partial charge in [0.05, 0.1) is 6.04 Å². The number of hydrogen-bond acceptors (Lipinski definition) is 3. The molecule has 1 aliphatic heterocycles. The van der Waals surface area contributed by atoms with Crippen LogP contribution in [0.5, 0.6) is 0 Å². The molecule has 1 atom stereocenters. The summed E-state index contributed by atoms with van der Waals surface area (Å²) >= 11 is 0. The summed E-state index contributed by atoms with van der Waals surface area (Å²) in [6.07, 6.45) is 2.51. The number of carbonyl (C=O) groups excluding carboxylic acids is 3. The average Bonchev–Trinajstić information content (AvgIpc) is 2.68. The van der Waals surface area contributed by atoms with E-state index in [0.717, 1.165) is 30.6 Å². The van der Waals surface area contributed by atoms with Crippen LogP contribution in [0.25, 0.3) is 0 Å². The molecule has 7 heteroatoms. The van der Waals surface area contributed by atoms with Crippen LogP contribution in [0, 0.1) is 0 Å². The Hall–Kier alpha value is -3.35. The minimum atomic E-state index is -0.621. The van der Waals surface area contributed by atoms with Crippen molar-refractivity contribution in [1.29, 1.82) is 0 Å². The number of hydrogen-bond donors (Lipinski definition) is 3. The van der Waals surface area contributed by atoms with Crippen molar-refractivity contribution in [3.8, 4) is 0 Å². The SMILES string of the molecule is CC(NC(=O)c1ccc(N2CCCCC2=O)cc1)c1ccc(NC(N)=O)cc1. The third kappa shape index (κ3) is 4.68. The minimum absolute atomic E-state index is 0.131. The number of rotatable bonds is 5. The third-order valence-corrected chi connectivity index (χ3v) is 4.79. The molecule has 1 fully saturated rings. The Morgan fingerprint density at radius 1 is 1.04 bits per heavy atom. The predicted octanol–water partition coefficient (Wildman–Crippen LogP) is 3.19. The van der Waals surface area contributed by atoms with Crippen LogP contribution in [0.1, 0.15) is 48.1 Å². The second kappa shape index (κ2) is 8.56. The molecule has 2 aromatic carbocycles. The Morgan fingerprint density at radius 3 is 2.32 bits per heavy atom. The van der Waals surface area contributed by atoms with Gasteiger partial charge < -0.3 is 21.3 Å². The van der Waals surface area contributed by atoms with Crippen molar-refractivity contribution >= 4 is 29.2 Å². The van der Waals surface area contributed by atoms with Gasteiger partial charge in [-0.2, -0.15) is 0 Å². The van der Waals surface area contributed by atoms with E-state index in [2.05, 4.69) is 10.6 Å². The third-order valence-electron chi connectivity index (χ3n) is 4.79. The molecule has 0 aliphatic carbocycles. The van der Waals surface area contributed by atoms with Crippen LogP contribution in [0.4, 0.5) is 16.2 Å². The van der Waals surface area contributed by atoms with E-state index in [1.807, 2.05) is 31.2 Å². The van der Waals surface area contributed by atoms with E-state index in [0.29, 0.717) is 17.7 Å². The van der Waals surface area contributed by atoms with E-state index < -0.39 is 6.03 Å². The van der Waals surface area contributed by atoms with Gasteiger partial charge in [-0.3, -0.25) is 9.59 Å². The summed E-state index contributed by atoms with van der Waals surface area (Å²) in [5.74, 6) is -0.0605. The summed E-state index contributed by atoms with van der Waals surface area (Å²) in [5.41, 5.74) is 7.95. The molecule has 7 nitrogen and oxygen atoms in total. The van der Waals surface area contributed by atoms with Gasteiger partial charge in [-0.25, -0.2) is 4.79 Å². The standard InChI is InChI=1S/C21H24N4O3/c1-14(15-5-9-17(10-6-15)24-21(22)28)23-20(27)16-7-11-18(12-8-16)25-13-3-2-4-19(25)26/h5-12,14H,2-4,13H2,1H3,(H,23,27)(H3,22,24,28). The highest BCUT2D eigenvalue weighted by molar-refractivity contribution is 5.97. The Labute approximate surface area is 163 Å². The van der Waals surface area contributed by atoms with E-state index in [1.165, 1.54) is 0 Å². The van der Waals surface area contributed by atoms with Crippen molar-refractivity contribution in [3.05, 3.63) is 59.7 Å². The van der Waals surface area contributed by atoms with E-state index in [4.69, 9.17) is 5.73 Å². The number of nitrogens with one attached hydrogen (secondary N) is 2. The van der Waals surface area contributed by atoms with Gasteiger partial charge >= 0.3 is 6.03 Å². The fourth-order valence-corrected chi connectivity index (χ4v) is 3.23. The van der Waals surface area contributed by atoms with E-state index >= 15 is 0 Å². The summed E-state index contributed by atoms with van der Waals surface area (Å²) < 4.78 is 0. The Balaban J connectivity index is 1.62. The maximum atomic E-state index is 12.5. The number of anilines is 2. The number of carbonyl (C=O) groups is 3. The van der Waals surface area contributed by atoms with Crippen molar-refractivity contribution in [2.24, 2.45) is 5.73 Å². The maximum absolute atomic E-state index is 12.5. The minimum Gasteiger partial charge on any atom is -0.351 e. The van der Waals surface area contributed by atoms with Crippen molar-refractivity contribution < 1.29 is 14.4 Å². The van der Waals surface area contributed by atoms with Crippen LogP contribution in [0.15, 0.2) is 48.5 Å². The molecule has 1 aliphatic rings. The van der Waals surface area contributed by atoms with Crippen molar-refractivity contribution in [2.75, 3.05) is 16.8 Å². The van der Waals surface area contributed by atoms with Crippen molar-refractivity contribution in [2.45, 2.75) is 32.2 Å². The first-order valence-electron chi connectivity index (χ1n) is 9.32. The fraction of sp³-hybridized carbons (Fsp3) is 0.286. The molecule has 1 heterocycles. The summed E-state index contributed by atoms with van der Waals surface area (Å²) in [7, 11) is 0. The summed E-state index contributed by atoms with van der Waals surface area (Å²) in [5, 5.41) is 5.45. The lowest BCUT2D eigenvalue weighted by molar-refractivity contribution is -0.119. The lowest BCUT2D eigenvalue weighted by atomic mass is 10.1. The first-order valence-corrected chi connectivity index (χ1v) is 9.32. The van der Waals surface area contributed by atoms with Gasteiger partial charge in [-0.1, -0.05) is 12.1 Å². The topological polar surface area (TPSA) is 105 Å². The van der Waals surface area contributed by atoms with Crippen LogP contribution in [0.3, 0.4) is 0 Å². The largest absolute Gasteiger partial charge is 0.351 e. The quantitative estimate of drug-likeness (QED) is 0.742. The van der Waals surface area contributed by atoms with E-state index in [-0.39, 0.29) is 17.9 Å². The number of primary amides is 1. The Morgan fingerprint density at radius 2 is 1.71 bits per heavy atom. The molecule has 3 rings (SSSR count). The van der Waals surface area contributed by atoms with E-state index in [9.17, 15) is 14.4 Å². The van der Waals surface area contributed by atoms with Gasteiger partial charge in [0.25, 0.3) is 5.91 Å². The van der Waals surface area contributed by atoms with Crippen LogP contribution in [0.2, 0.25) is 0 Å². The number of urea groups is 1. The first-order chi connectivity index (χ1) is 13.4. The fourth-order valence-electron chi connectivity index (χ4n) is 3.23. The highest BCUT2D eigenvalue weighted by Gasteiger charge is 2.20. The zero-order valence-electron chi connectivity index (χ0n) is 15.8. The van der Waals surface area contributed by atoms with Gasteiger partial charge in [-0.15, -0.1) is 0 Å². The zero-order valence-corrected chi connectivity index (χ0v) is 15.8. The number of piperidine rings is 1. The van der Waals surface area contributed by atoms with Gasteiger partial charge in [0.2, 0.25) is 5.91 Å². The van der Waals surface area contributed by atoms with Crippen LogP contribution >= 0.6 is 0 Å². The van der Waals surface area contributed by atoms with Crippen LogP contribution < -0.4 is 21.3 Å². The molecule has 0 spiro atoms. The van der Waals surface area contributed by atoms with Gasteiger partial charge in [-0.05, 0) is 61.7 Å². The smallest absolute Gasteiger partial charge is 0.316 e. The highest BCUT2D eigenvalue weighted by atomic mass is 16.2. The van der Waals surface area contributed by atoms with Crippen molar-refractivity contribution in [3.63, 3.8) is 0 Å². The molecule has 2 aromatic rings. The highest BCUT2D eigenvalue weighted by Crippen LogP contribution is 2.22. The normalized spacial score (nSPS) is 15.0. The van der Waals surface area contributed by atoms with Crippen LogP contribution in [-0.4, -0.2) is 24.4 Å². The van der Waals surface area contributed by atoms with Gasteiger partial charge in [0, 0.05) is 29.9 Å². The molecule has 4 amide bonds. The van der Waals surface area contributed by atoms with Crippen molar-refractivity contribution in [1.82, 2.24) is 5.32 Å². The average molecular weight is 380 g/mol. The lowest BCUT2D eigenvalue weighted by Crippen LogP contribution is -2.35. The monoisotopic (exact) mass is 380 g/mol. The van der Waals surface area contributed by atoms with Gasteiger partial charge in [0.15, 0.2) is 0 Å². The molecule has 1 unspecified atom stereocenters. The zero-order chi connectivity index (χ0) is 20.1. The lowest BCUT2D eigenvalue weighted by Gasteiger charge is -2.26. The molecular weight excluding hydrogens is 356 g/mol. The molecule has 0 saturated carbocycles. The Kier molecular flexibility index (Phi) is 5.93. The molecule has 146 valence electrons. The summed E-state index contributed by atoms with van der Waals surface area (Å²) in [6.45, 7) is 2.61. The van der Waals surface area contributed by atoms with Gasteiger partial charge in [0.1, 0.15) is 0 Å². The summed E-state index contributed by atoms with van der Waals surface area (Å²) in [4.78, 5) is 37.2. The first kappa shape index (κ1) is 19.4. The number of nitrogens with two attached hydrogens (primary N) is 1. The maximum Gasteiger partial charge on any atom is 0.316 e. The second-order valence-corrected chi connectivity index (χ2v) is 6.86. The molecule has 0 bridgehead atoms. The predicted molar refractivity (Wildman–Crippen MR) is 108 cm³/mol. The molecule has 0 radical (unpaired) electrons. The molecule has 4 N–H and O–H groups in total. The number of amides is 4. The summed E-state index contributed by atoms with van der Waals surface area (Å²) in [6, 6.07) is 13.4. The number of benzene rings is 2. The van der Waals surface area contributed by atoms with Crippen LogP contribution in [-0.2, 0) is 4.79 Å². The molecule has 0 aromatic heterocycles. The molecule has 28 heavy (non-hydrogen) atoms. The Bertz CT molecular complexity index is 862. The van der Waals surface area contributed by atoms with E-state index in [1.54, 1.807) is 29.2 Å². The molecular formula is C21H24N4O3.